The molecule has 0 unspecified atom stereocenters. The molecule has 0 bridgehead atoms. The molecule has 1 aliphatic heterocycles. The van der Waals surface area contributed by atoms with E-state index in [1.165, 1.54) is 12.1 Å². The Balaban J connectivity index is 1.87. The lowest BCUT2D eigenvalue weighted by Crippen LogP contribution is -2.50. The molecule has 0 radical (unpaired) electrons. The van der Waals surface area contributed by atoms with Gasteiger partial charge in [0.1, 0.15) is 5.75 Å². The highest BCUT2D eigenvalue weighted by Crippen LogP contribution is 2.13. The quantitative estimate of drug-likeness (QED) is 0.859. The largest absolute Gasteiger partial charge is 0.508 e. The highest BCUT2D eigenvalue weighted by molar-refractivity contribution is 5.94. The van der Waals surface area contributed by atoms with Crippen LogP contribution < -0.4 is 0 Å². The van der Waals surface area contributed by atoms with Gasteiger partial charge in [-0.05, 0) is 30.7 Å². The van der Waals surface area contributed by atoms with E-state index in [9.17, 15) is 15.0 Å². The third kappa shape index (κ3) is 3.71. The van der Waals surface area contributed by atoms with Gasteiger partial charge in [0.15, 0.2) is 0 Å². The van der Waals surface area contributed by atoms with Crippen molar-refractivity contribution in [2.45, 2.75) is 19.4 Å². The number of nitrogens with zero attached hydrogens (tertiary/aromatic N) is 2. The lowest BCUT2D eigenvalue weighted by atomic mass is 10.1. The summed E-state index contributed by atoms with van der Waals surface area (Å²) in [6, 6.07) is 6.35. The molecule has 5 nitrogen and oxygen atoms in total. The van der Waals surface area contributed by atoms with Crippen LogP contribution in [0.25, 0.3) is 0 Å². The van der Waals surface area contributed by atoms with E-state index in [2.05, 4.69) is 4.90 Å². The number of aliphatic hydroxyl groups is 1. The third-order valence-electron chi connectivity index (χ3n) is 3.71. The SMILES string of the molecule is CC[C@@H](O)CN1CCN(C(=O)c2ccc(O)cc2)CC1. The van der Waals surface area contributed by atoms with Crippen LogP contribution >= 0.6 is 0 Å². The fraction of sp³-hybridized carbons (Fsp3) is 0.533. The number of carbonyl (C=O) groups is 1. The summed E-state index contributed by atoms with van der Waals surface area (Å²) in [6.07, 6.45) is 0.474. The number of amides is 1. The average molecular weight is 278 g/mol. The summed E-state index contributed by atoms with van der Waals surface area (Å²) in [7, 11) is 0. The first-order valence-corrected chi connectivity index (χ1v) is 7.09. The van der Waals surface area contributed by atoms with Gasteiger partial charge in [-0.2, -0.15) is 0 Å². The smallest absolute Gasteiger partial charge is 0.253 e. The van der Waals surface area contributed by atoms with E-state index in [1.807, 2.05) is 11.8 Å². The number of hydrogen-bond donors (Lipinski definition) is 2. The molecule has 1 aliphatic rings. The maximum Gasteiger partial charge on any atom is 0.253 e. The molecule has 0 aliphatic carbocycles. The number of rotatable bonds is 4. The number of piperazine rings is 1. The number of phenols is 1. The van der Waals surface area contributed by atoms with Crippen LogP contribution in [0.2, 0.25) is 0 Å². The van der Waals surface area contributed by atoms with Crippen LogP contribution in [0.15, 0.2) is 24.3 Å². The molecule has 2 N–H and O–H groups in total. The Labute approximate surface area is 119 Å². The molecule has 20 heavy (non-hydrogen) atoms. The van der Waals surface area contributed by atoms with Gasteiger partial charge in [0.05, 0.1) is 6.10 Å². The molecular weight excluding hydrogens is 256 g/mol. The zero-order valence-electron chi connectivity index (χ0n) is 11.8. The van der Waals surface area contributed by atoms with Crippen molar-refractivity contribution in [3.8, 4) is 5.75 Å². The molecule has 1 aromatic carbocycles. The van der Waals surface area contributed by atoms with Crippen LogP contribution in [0, 0.1) is 0 Å². The Bertz CT molecular complexity index is 439. The molecule has 1 atom stereocenters. The lowest BCUT2D eigenvalue weighted by Gasteiger charge is -2.35. The van der Waals surface area contributed by atoms with Gasteiger partial charge < -0.3 is 15.1 Å². The van der Waals surface area contributed by atoms with Crippen molar-refractivity contribution in [2.24, 2.45) is 0 Å². The summed E-state index contributed by atoms with van der Waals surface area (Å²) < 4.78 is 0. The number of aromatic hydroxyl groups is 1. The van der Waals surface area contributed by atoms with Crippen LogP contribution in [-0.2, 0) is 0 Å². The minimum Gasteiger partial charge on any atom is -0.508 e. The van der Waals surface area contributed by atoms with Gasteiger partial charge in [-0.1, -0.05) is 6.92 Å². The third-order valence-corrected chi connectivity index (χ3v) is 3.71. The summed E-state index contributed by atoms with van der Waals surface area (Å²) in [5.41, 5.74) is 0.602. The topological polar surface area (TPSA) is 64.0 Å². The summed E-state index contributed by atoms with van der Waals surface area (Å²) in [4.78, 5) is 16.3. The molecule has 1 fully saturated rings. The second-order valence-electron chi connectivity index (χ2n) is 5.20. The van der Waals surface area contributed by atoms with E-state index in [4.69, 9.17) is 0 Å². The zero-order valence-corrected chi connectivity index (χ0v) is 11.8. The van der Waals surface area contributed by atoms with E-state index in [1.54, 1.807) is 12.1 Å². The van der Waals surface area contributed by atoms with Crippen molar-refractivity contribution < 1.29 is 15.0 Å². The number of phenolic OH excluding ortho intramolecular Hbond substituents is 1. The summed E-state index contributed by atoms with van der Waals surface area (Å²) >= 11 is 0. The van der Waals surface area contributed by atoms with Gasteiger partial charge in [-0.3, -0.25) is 9.69 Å². The summed E-state index contributed by atoms with van der Waals surface area (Å²) in [5, 5.41) is 18.9. The highest BCUT2D eigenvalue weighted by atomic mass is 16.3. The van der Waals surface area contributed by atoms with Gasteiger partial charge in [-0.15, -0.1) is 0 Å². The second kappa shape index (κ2) is 6.72. The Morgan fingerprint density at radius 1 is 1.20 bits per heavy atom. The maximum atomic E-state index is 12.3. The minimum atomic E-state index is -0.283. The highest BCUT2D eigenvalue weighted by Gasteiger charge is 2.22. The van der Waals surface area contributed by atoms with E-state index in [0.717, 1.165) is 19.5 Å². The van der Waals surface area contributed by atoms with E-state index < -0.39 is 0 Å². The van der Waals surface area contributed by atoms with Gasteiger partial charge in [0, 0.05) is 38.3 Å². The van der Waals surface area contributed by atoms with Crippen molar-refractivity contribution >= 4 is 5.91 Å². The monoisotopic (exact) mass is 278 g/mol. The van der Waals surface area contributed by atoms with Crippen molar-refractivity contribution in [2.75, 3.05) is 32.7 Å². The zero-order chi connectivity index (χ0) is 14.5. The fourth-order valence-corrected chi connectivity index (χ4v) is 2.35. The van der Waals surface area contributed by atoms with Crippen molar-refractivity contribution in [3.63, 3.8) is 0 Å². The lowest BCUT2D eigenvalue weighted by molar-refractivity contribution is 0.0524. The first kappa shape index (κ1) is 14.8. The normalized spacial score (nSPS) is 18.0. The van der Waals surface area contributed by atoms with Gasteiger partial charge in [0.25, 0.3) is 5.91 Å². The van der Waals surface area contributed by atoms with Crippen molar-refractivity contribution in [1.82, 2.24) is 9.80 Å². The molecule has 110 valence electrons. The number of benzene rings is 1. The van der Waals surface area contributed by atoms with Crippen LogP contribution in [0.4, 0.5) is 0 Å². The molecule has 0 spiro atoms. The fourth-order valence-electron chi connectivity index (χ4n) is 2.35. The van der Waals surface area contributed by atoms with E-state index in [0.29, 0.717) is 25.2 Å². The first-order chi connectivity index (χ1) is 9.60. The Kier molecular flexibility index (Phi) is 4.98. The standard InChI is InChI=1S/C15H22N2O3/c1-2-13(18)11-16-7-9-17(10-8-16)15(20)12-3-5-14(19)6-4-12/h3-6,13,18-19H,2,7-11H2,1H3/t13-/m1/s1. The summed E-state index contributed by atoms with van der Waals surface area (Å²) in [5.74, 6) is 0.167. The Morgan fingerprint density at radius 2 is 1.80 bits per heavy atom. The molecule has 0 saturated carbocycles. The maximum absolute atomic E-state index is 12.3. The van der Waals surface area contributed by atoms with Crippen LogP contribution in [-0.4, -0.2) is 64.7 Å². The molecule has 5 heteroatoms. The average Bonchev–Trinajstić information content (AvgIpc) is 2.48. The van der Waals surface area contributed by atoms with Crippen LogP contribution in [0.3, 0.4) is 0 Å². The minimum absolute atomic E-state index is 0.000639. The van der Waals surface area contributed by atoms with Crippen molar-refractivity contribution in [3.05, 3.63) is 29.8 Å². The molecule has 1 heterocycles. The van der Waals surface area contributed by atoms with Gasteiger partial charge in [0.2, 0.25) is 0 Å². The number of hydrogen-bond acceptors (Lipinski definition) is 4. The molecule has 2 rings (SSSR count). The van der Waals surface area contributed by atoms with E-state index >= 15 is 0 Å². The molecule has 1 amide bonds. The molecule has 1 aromatic rings. The molecule has 0 aromatic heterocycles. The van der Waals surface area contributed by atoms with Crippen molar-refractivity contribution in [1.29, 1.82) is 0 Å². The Morgan fingerprint density at radius 3 is 2.35 bits per heavy atom. The number of aliphatic hydroxyl groups excluding tert-OH is 1. The predicted molar refractivity (Wildman–Crippen MR) is 76.7 cm³/mol. The second-order valence-corrected chi connectivity index (χ2v) is 5.20. The molecule has 1 saturated heterocycles. The first-order valence-electron chi connectivity index (χ1n) is 7.09. The van der Waals surface area contributed by atoms with Gasteiger partial charge >= 0.3 is 0 Å². The number of β-amino-alcohol motifs (C(OH)–C–C–N with tert-alkyl or cyclic N) is 1. The van der Waals surface area contributed by atoms with Crippen LogP contribution in [0.5, 0.6) is 5.75 Å². The van der Waals surface area contributed by atoms with Crippen LogP contribution in [0.1, 0.15) is 23.7 Å². The molecular formula is C15H22N2O3. The Hall–Kier alpha value is -1.59. The predicted octanol–water partition coefficient (Wildman–Crippen LogP) is 0.921. The summed E-state index contributed by atoms with van der Waals surface area (Å²) in [6.45, 7) is 5.58. The number of carbonyl (C=O) groups excluding carboxylic acids is 1. The van der Waals surface area contributed by atoms with E-state index in [-0.39, 0.29) is 17.8 Å². The van der Waals surface area contributed by atoms with Gasteiger partial charge in [-0.25, -0.2) is 0 Å².